The van der Waals surface area contributed by atoms with Crippen LogP contribution in [-0.2, 0) is 10.0 Å². The van der Waals surface area contributed by atoms with Gasteiger partial charge < -0.3 is 10.2 Å². The van der Waals surface area contributed by atoms with Gasteiger partial charge in [-0.3, -0.25) is 9.52 Å². The Morgan fingerprint density at radius 1 is 0.879 bits per heavy atom. The van der Waals surface area contributed by atoms with Gasteiger partial charge in [0, 0.05) is 15.8 Å². The topological polar surface area (TPSA) is 128 Å². The largest absolute Gasteiger partial charge is 0.507 e. The molecule has 4 aromatic rings. The SMILES string of the molecule is O=C(N=Nc1cc(NS(=O)(=O)c2ccc(Cl)cc2)c2ccccc2c1O)c1ccccc1O. The van der Waals surface area contributed by atoms with Gasteiger partial charge in [-0.15, -0.1) is 10.2 Å². The molecule has 4 aromatic carbocycles. The number of para-hydroxylation sites is 1. The highest BCUT2D eigenvalue weighted by Crippen LogP contribution is 2.40. The number of halogens is 1. The van der Waals surface area contributed by atoms with Crippen LogP contribution in [0.25, 0.3) is 10.8 Å². The Kier molecular flexibility index (Phi) is 5.99. The predicted molar refractivity (Wildman–Crippen MR) is 125 cm³/mol. The summed E-state index contributed by atoms with van der Waals surface area (Å²) in [7, 11) is -3.99. The first-order valence-corrected chi connectivity index (χ1v) is 11.4. The molecule has 0 bridgehead atoms. The first kappa shape index (κ1) is 22.3. The molecule has 166 valence electrons. The van der Waals surface area contributed by atoms with Crippen LogP contribution in [0.2, 0.25) is 5.02 Å². The van der Waals surface area contributed by atoms with Crippen molar-refractivity contribution < 1.29 is 23.4 Å². The Morgan fingerprint density at radius 2 is 1.52 bits per heavy atom. The standard InChI is InChI=1S/C23H16ClN3O5S/c24-14-9-11-15(12-10-14)33(31,32)27-19-13-20(22(29)17-6-2-1-5-16(17)19)25-26-23(30)18-7-3-4-8-21(18)28/h1-13,27-29H. The zero-order valence-electron chi connectivity index (χ0n) is 16.8. The van der Waals surface area contributed by atoms with Crippen molar-refractivity contribution >= 4 is 49.7 Å². The molecule has 0 aliphatic rings. The highest BCUT2D eigenvalue weighted by Gasteiger charge is 2.19. The zero-order chi connectivity index (χ0) is 23.6. The molecule has 8 nitrogen and oxygen atoms in total. The molecule has 4 rings (SSSR count). The molecule has 1 amide bonds. The Bertz CT molecular complexity index is 1500. The van der Waals surface area contributed by atoms with E-state index < -0.39 is 15.9 Å². The molecule has 0 spiro atoms. The maximum absolute atomic E-state index is 12.9. The minimum Gasteiger partial charge on any atom is -0.507 e. The summed E-state index contributed by atoms with van der Waals surface area (Å²) in [6, 6.07) is 19.3. The number of fused-ring (bicyclic) bond motifs is 1. The predicted octanol–water partition coefficient (Wildman–Crippen LogP) is 5.63. The van der Waals surface area contributed by atoms with Crippen LogP contribution in [0.5, 0.6) is 11.5 Å². The molecule has 0 aliphatic heterocycles. The lowest BCUT2D eigenvalue weighted by Crippen LogP contribution is -2.13. The van der Waals surface area contributed by atoms with Crippen LogP contribution < -0.4 is 4.72 Å². The number of sulfonamides is 1. The van der Waals surface area contributed by atoms with Crippen LogP contribution in [0, 0.1) is 0 Å². The second-order valence-corrected chi connectivity index (χ2v) is 9.04. The normalized spacial score (nSPS) is 11.7. The number of phenolic OH excluding ortho intramolecular Hbond substituents is 2. The first-order valence-electron chi connectivity index (χ1n) is 9.53. The Balaban J connectivity index is 1.76. The van der Waals surface area contributed by atoms with Gasteiger partial charge in [-0.25, -0.2) is 8.42 Å². The summed E-state index contributed by atoms with van der Waals surface area (Å²) in [6.45, 7) is 0. The van der Waals surface area contributed by atoms with Crippen molar-refractivity contribution in [3.05, 3.63) is 89.4 Å². The van der Waals surface area contributed by atoms with E-state index in [1.807, 2.05) is 0 Å². The van der Waals surface area contributed by atoms with Crippen LogP contribution in [0.15, 0.2) is 94.0 Å². The van der Waals surface area contributed by atoms with Crippen LogP contribution in [0.4, 0.5) is 11.4 Å². The Morgan fingerprint density at radius 3 is 2.21 bits per heavy atom. The number of amides is 1. The fourth-order valence-electron chi connectivity index (χ4n) is 3.13. The van der Waals surface area contributed by atoms with Crippen molar-refractivity contribution in [3.63, 3.8) is 0 Å². The van der Waals surface area contributed by atoms with Crippen LogP contribution >= 0.6 is 11.6 Å². The van der Waals surface area contributed by atoms with Crippen molar-refractivity contribution in [1.82, 2.24) is 0 Å². The molecule has 33 heavy (non-hydrogen) atoms. The Labute approximate surface area is 193 Å². The lowest BCUT2D eigenvalue weighted by molar-refractivity contribution is 0.0992. The van der Waals surface area contributed by atoms with Gasteiger partial charge in [0.15, 0.2) is 5.75 Å². The second kappa shape index (κ2) is 8.89. The number of nitrogens with zero attached hydrogens (tertiary/aromatic N) is 2. The lowest BCUT2D eigenvalue weighted by Gasteiger charge is -2.13. The molecule has 0 saturated heterocycles. The molecule has 0 aliphatic carbocycles. The first-order chi connectivity index (χ1) is 15.8. The summed E-state index contributed by atoms with van der Waals surface area (Å²) in [4.78, 5) is 12.3. The van der Waals surface area contributed by atoms with E-state index in [-0.39, 0.29) is 33.3 Å². The highest BCUT2D eigenvalue weighted by molar-refractivity contribution is 7.92. The van der Waals surface area contributed by atoms with Gasteiger partial charge in [0.25, 0.3) is 15.9 Å². The number of carbonyl (C=O) groups excluding carboxylic acids is 1. The van der Waals surface area contributed by atoms with E-state index in [2.05, 4.69) is 15.0 Å². The van der Waals surface area contributed by atoms with E-state index in [1.54, 1.807) is 36.4 Å². The maximum Gasteiger partial charge on any atom is 0.299 e. The summed E-state index contributed by atoms with van der Waals surface area (Å²) in [6.07, 6.45) is 0. The third kappa shape index (κ3) is 4.64. The average Bonchev–Trinajstić information content (AvgIpc) is 2.80. The van der Waals surface area contributed by atoms with Gasteiger partial charge in [0.1, 0.15) is 11.4 Å². The molecule has 3 N–H and O–H groups in total. The molecule has 0 fully saturated rings. The zero-order valence-corrected chi connectivity index (χ0v) is 18.4. The molecular weight excluding hydrogens is 466 g/mol. The van der Waals surface area contributed by atoms with Crippen molar-refractivity contribution in [1.29, 1.82) is 0 Å². The molecule has 0 saturated carbocycles. The fraction of sp³-hybridized carbons (Fsp3) is 0. The van der Waals surface area contributed by atoms with Crippen LogP contribution in [0.1, 0.15) is 10.4 Å². The van der Waals surface area contributed by atoms with Gasteiger partial charge >= 0.3 is 0 Å². The number of phenols is 2. The summed E-state index contributed by atoms with van der Waals surface area (Å²) >= 11 is 5.84. The van der Waals surface area contributed by atoms with Crippen LogP contribution in [0.3, 0.4) is 0 Å². The van der Waals surface area contributed by atoms with Crippen LogP contribution in [-0.4, -0.2) is 24.5 Å². The quantitative estimate of drug-likeness (QED) is 0.251. The molecule has 0 aromatic heterocycles. The fourth-order valence-corrected chi connectivity index (χ4v) is 4.33. The lowest BCUT2D eigenvalue weighted by atomic mass is 10.1. The molecule has 10 heteroatoms. The minimum atomic E-state index is -3.99. The molecule has 0 atom stereocenters. The van der Waals surface area contributed by atoms with Gasteiger partial charge in [0.05, 0.1) is 16.1 Å². The summed E-state index contributed by atoms with van der Waals surface area (Å²) in [5.41, 5.74) is -0.0706. The number of benzene rings is 4. The Hall–Kier alpha value is -3.95. The molecule has 0 radical (unpaired) electrons. The van der Waals surface area contributed by atoms with Gasteiger partial charge in [-0.1, -0.05) is 48.0 Å². The second-order valence-electron chi connectivity index (χ2n) is 6.92. The summed E-state index contributed by atoms with van der Waals surface area (Å²) < 4.78 is 28.3. The number of carbonyl (C=O) groups is 1. The highest BCUT2D eigenvalue weighted by atomic mass is 35.5. The van der Waals surface area contributed by atoms with Crippen molar-refractivity contribution in [3.8, 4) is 11.5 Å². The molecular formula is C23H16ClN3O5S. The van der Waals surface area contributed by atoms with Crippen molar-refractivity contribution in [2.75, 3.05) is 4.72 Å². The van der Waals surface area contributed by atoms with E-state index >= 15 is 0 Å². The van der Waals surface area contributed by atoms with E-state index in [0.29, 0.717) is 15.8 Å². The average molecular weight is 482 g/mol. The summed E-state index contributed by atoms with van der Waals surface area (Å²) in [5, 5.41) is 29.0. The smallest absolute Gasteiger partial charge is 0.299 e. The van der Waals surface area contributed by atoms with Crippen molar-refractivity contribution in [2.24, 2.45) is 10.2 Å². The number of azo groups is 1. The maximum atomic E-state index is 12.9. The molecule has 0 heterocycles. The number of hydrogen-bond donors (Lipinski definition) is 3. The monoisotopic (exact) mass is 481 g/mol. The van der Waals surface area contributed by atoms with E-state index in [4.69, 9.17) is 11.6 Å². The number of nitrogens with one attached hydrogen (secondary N) is 1. The number of hydrogen-bond acceptors (Lipinski definition) is 6. The third-order valence-electron chi connectivity index (χ3n) is 4.75. The minimum absolute atomic E-state index is 0.0121. The summed E-state index contributed by atoms with van der Waals surface area (Å²) in [5.74, 6) is -1.38. The third-order valence-corrected chi connectivity index (χ3v) is 6.38. The van der Waals surface area contributed by atoms with Gasteiger partial charge in [-0.05, 0) is 42.5 Å². The number of aromatic hydroxyl groups is 2. The number of anilines is 1. The van der Waals surface area contributed by atoms with Gasteiger partial charge in [0.2, 0.25) is 0 Å². The van der Waals surface area contributed by atoms with E-state index in [1.165, 1.54) is 42.5 Å². The number of rotatable bonds is 5. The van der Waals surface area contributed by atoms with E-state index in [0.717, 1.165) is 0 Å². The molecule has 0 unspecified atom stereocenters. The van der Waals surface area contributed by atoms with Crippen molar-refractivity contribution in [2.45, 2.75) is 4.90 Å². The van der Waals surface area contributed by atoms with E-state index in [9.17, 15) is 23.4 Å². The van der Waals surface area contributed by atoms with Gasteiger partial charge in [-0.2, -0.15) is 0 Å².